The summed E-state index contributed by atoms with van der Waals surface area (Å²) in [5, 5.41) is 3.07. The van der Waals surface area contributed by atoms with E-state index in [9.17, 15) is 4.57 Å². The van der Waals surface area contributed by atoms with E-state index in [0.29, 0.717) is 11.5 Å². The van der Waals surface area contributed by atoms with Gasteiger partial charge in [-0.2, -0.15) is 0 Å². The summed E-state index contributed by atoms with van der Waals surface area (Å²) in [7, 11) is -1.68. The predicted octanol–water partition coefficient (Wildman–Crippen LogP) is 5.18. The van der Waals surface area contributed by atoms with Gasteiger partial charge in [-0.05, 0) is 37.2 Å². The Bertz CT molecular complexity index is 571. The predicted molar refractivity (Wildman–Crippen MR) is 96.2 cm³/mol. The van der Waals surface area contributed by atoms with Crippen LogP contribution in [0.3, 0.4) is 0 Å². The maximum atomic E-state index is 13.4. The largest absolute Gasteiger partial charge is 0.447 e. The topological polar surface area (TPSA) is 47.6 Å². The molecular weight excluding hydrogens is 309 g/mol. The Morgan fingerprint density at radius 1 is 0.870 bits per heavy atom. The second-order valence-electron chi connectivity index (χ2n) is 5.33. The van der Waals surface area contributed by atoms with Gasteiger partial charge in [0, 0.05) is 0 Å². The lowest BCUT2D eigenvalue weighted by molar-refractivity contribution is 0.343. The molecule has 1 atom stereocenters. The minimum absolute atomic E-state index is 0. The summed E-state index contributed by atoms with van der Waals surface area (Å²) in [6, 6.07) is 18.2. The third kappa shape index (κ3) is 5.12. The van der Waals surface area contributed by atoms with Gasteiger partial charge in [-0.1, -0.05) is 57.7 Å². The van der Waals surface area contributed by atoms with Crippen molar-refractivity contribution in [2.24, 2.45) is 5.92 Å². The first-order valence-electron chi connectivity index (χ1n) is 7.31. The smallest absolute Gasteiger partial charge is 0.415 e. The van der Waals surface area contributed by atoms with Crippen LogP contribution in [0.5, 0.6) is 11.5 Å². The Kier molecular flexibility index (Phi) is 7.34. The van der Waals surface area contributed by atoms with Crippen LogP contribution in [0.25, 0.3) is 0 Å². The monoisotopic (exact) mass is 335 g/mol. The van der Waals surface area contributed by atoms with E-state index in [1.165, 1.54) is 0 Å². The Morgan fingerprint density at radius 2 is 1.26 bits per heavy atom. The quantitative estimate of drug-likeness (QED) is 0.709. The van der Waals surface area contributed by atoms with Crippen LogP contribution < -0.4 is 14.4 Å². The lowest BCUT2D eigenvalue weighted by atomic mass is 10.2. The van der Waals surface area contributed by atoms with Gasteiger partial charge in [0.2, 0.25) is 0 Å². The standard InChI is InChI=1S/C17H22NO3P.CH4/c1-14(2)17(18-3)22(19,20-15-10-6-4-7-11-15)21-16-12-8-5-9-13-16;/h4-14,17-18H,1-3H3;1H4. The van der Waals surface area contributed by atoms with Gasteiger partial charge in [-0.25, -0.2) is 4.57 Å². The van der Waals surface area contributed by atoms with Gasteiger partial charge in [0.1, 0.15) is 17.3 Å². The highest BCUT2D eigenvalue weighted by Gasteiger charge is 2.40. The van der Waals surface area contributed by atoms with Crippen LogP contribution in [0, 0.1) is 5.92 Å². The molecule has 0 bridgehead atoms. The average Bonchev–Trinajstić information content (AvgIpc) is 2.49. The third-order valence-electron chi connectivity index (χ3n) is 3.22. The molecule has 5 heteroatoms. The summed E-state index contributed by atoms with van der Waals surface area (Å²) in [5.41, 5.74) is 0. The number of hydrogen-bond acceptors (Lipinski definition) is 4. The Balaban J connectivity index is 0.00000264. The SMILES string of the molecule is C.CNC(C(C)C)P(=O)(Oc1ccccc1)Oc1ccccc1. The first-order chi connectivity index (χ1) is 10.5. The lowest BCUT2D eigenvalue weighted by Gasteiger charge is -2.29. The molecule has 0 saturated heterocycles. The van der Waals surface area contributed by atoms with E-state index in [4.69, 9.17) is 9.05 Å². The van der Waals surface area contributed by atoms with Gasteiger partial charge in [0.05, 0.1) is 0 Å². The van der Waals surface area contributed by atoms with Crippen molar-refractivity contribution in [1.29, 1.82) is 0 Å². The molecule has 0 aromatic heterocycles. The van der Waals surface area contributed by atoms with Crippen molar-refractivity contribution in [3.63, 3.8) is 0 Å². The number of rotatable bonds is 7. The van der Waals surface area contributed by atoms with Crippen LogP contribution in [0.1, 0.15) is 21.3 Å². The normalized spacial score (nSPS) is 12.3. The highest BCUT2D eigenvalue weighted by Crippen LogP contribution is 2.53. The van der Waals surface area contributed by atoms with Crippen molar-refractivity contribution in [2.45, 2.75) is 27.1 Å². The lowest BCUT2D eigenvalue weighted by Crippen LogP contribution is -2.34. The molecule has 2 aromatic carbocycles. The van der Waals surface area contributed by atoms with Crippen LogP contribution in [-0.2, 0) is 4.57 Å². The van der Waals surface area contributed by atoms with E-state index in [2.05, 4.69) is 5.32 Å². The van der Waals surface area contributed by atoms with Crippen LogP contribution in [0.4, 0.5) is 0 Å². The van der Waals surface area contributed by atoms with E-state index < -0.39 is 13.4 Å². The zero-order valence-corrected chi connectivity index (χ0v) is 14.0. The summed E-state index contributed by atoms with van der Waals surface area (Å²) < 4.78 is 25.0. The van der Waals surface area contributed by atoms with E-state index in [1.807, 2.05) is 50.2 Å². The molecule has 0 aliphatic rings. The maximum Gasteiger partial charge on any atom is 0.447 e. The molecule has 0 aliphatic carbocycles. The van der Waals surface area contributed by atoms with E-state index in [-0.39, 0.29) is 13.3 Å². The molecule has 2 aromatic rings. The van der Waals surface area contributed by atoms with Crippen molar-refractivity contribution in [3.05, 3.63) is 60.7 Å². The molecule has 0 saturated carbocycles. The summed E-state index contributed by atoms with van der Waals surface area (Å²) in [6.45, 7) is 3.97. The summed E-state index contributed by atoms with van der Waals surface area (Å²) in [4.78, 5) is 0. The number of hydrogen-bond donors (Lipinski definition) is 1. The van der Waals surface area contributed by atoms with E-state index >= 15 is 0 Å². The van der Waals surface area contributed by atoms with Crippen molar-refractivity contribution >= 4 is 7.60 Å². The van der Waals surface area contributed by atoms with Crippen LogP contribution in [0.2, 0.25) is 0 Å². The molecular formula is C18H26NO3P. The molecule has 1 unspecified atom stereocenters. The van der Waals surface area contributed by atoms with Crippen molar-refractivity contribution in [1.82, 2.24) is 5.32 Å². The molecule has 0 spiro atoms. The molecule has 2 rings (SSSR count). The van der Waals surface area contributed by atoms with Crippen LogP contribution >= 0.6 is 7.60 Å². The first kappa shape index (κ1) is 19.3. The minimum Gasteiger partial charge on any atom is -0.415 e. The fraction of sp³-hybridized carbons (Fsp3) is 0.333. The third-order valence-corrected chi connectivity index (χ3v) is 5.69. The van der Waals surface area contributed by atoms with Crippen molar-refractivity contribution < 1.29 is 13.6 Å². The number of benzene rings is 2. The fourth-order valence-electron chi connectivity index (χ4n) is 2.25. The molecule has 0 amide bonds. The Hall–Kier alpha value is -1.77. The summed E-state index contributed by atoms with van der Waals surface area (Å²) in [6.07, 6.45) is 0. The Morgan fingerprint density at radius 3 is 1.57 bits per heavy atom. The van der Waals surface area contributed by atoms with Crippen molar-refractivity contribution in [2.75, 3.05) is 7.05 Å². The van der Waals surface area contributed by atoms with E-state index in [0.717, 1.165) is 0 Å². The van der Waals surface area contributed by atoms with Gasteiger partial charge in [0.15, 0.2) is 0 Å². The van der Waals surface area contributed by atoms with Gasteiger partial charge < -0.3 is 14.4 Å². The van der Waals surface area contributed by atoms with Crippen LogP contribution in [0.15, 0.2) is 60.7 Å². The molecule has 1 N–H and O–H groups in total. The maximum absolute atomic E-state index is 13.4. The fourth-order valence-corrected chi connectivity index (χ4v) is 4.39. The molecule has 0 radical (unpaired) electrons. The zero-order valence-electron chi connectivity index (χ0n) is 13.1. The van der Waals surface area contributed by atoms with Crippen LogP contribution in [-0.4, -0.2) is 12.8 Å². The Labute approximate surface area is 139 Å². The molecule has 0 aliphatic heterocycles. The van der Waals surface area contributed by atoms with Gasteiger partial charge >= 0.3 is 7.60 Å². The molecule has 4 nitrogen and oxygen atoms in total. The van der Waals surface area contributed by atoms with E-state index in [1.54, 1.807) is 31.3 Å². The zero-order chi connectivity index (χ0) is 16.0. The van der Waals surface area contributed by atoms with Gasteiger partial charge in [0.25, 0.3) is 0 Å². The minimum atomic E-state index is -3.44. The number of para-hydroxylation sites is 2. The molecule has 126 valence electrons. The second kappa shape index (κ2) is 8.76. The highest BCUT2D eigenvalue weighted by atomic mass is 31.2. The first-order valence-corrected chi connectivity index (χ1v) is 8.92. The second-order valence-corrected chi connectivity index (χ2v) is 7.33. The average molecular weight is 335 g/mol. The molecule has 23 heavy (non-hydrogen) atoms. The summed E-state index contributed by atoms with van der Waals surface area (Å²) >= 11 is 0. The van der Waals surface area contributed by atoms with Crippen molar-refractivity contribution in [3.8, 4) is 11.5 Å². The van der Waals surface area contributed by atoms with Gasteiger partial charge in [-0.3, -0.25) is 0 Å². The van der Waals surface area contributed by atoms with Gasteiger partial charge in [-0.15, -0.1) is 0 Å². The number of nitrogens with one attached hydrogen (secondary N) is 1. The summed E-state index contributed by atoms with van der Waals surface area (Å²) in [5.74, 6) is 0.737. The molecule has 0 fully saturated rings. The highest BCUT2D eigenvalue weighted by molar-refractivity contribution is 7.55. The molecule has 0 heterocycles.